The van der Waals surface area contributed by atoms with Crippen molar-refractivity contribution in [2.24, 2.45) is 0 Å². The Morgan fingerprint density at radius 1 is 1.22 bits per heavy atom. The minimum atomic E-state index is -0.181. The smallest absolute Gasteiger partial charge is 0.123 e. The molecular weight excluding hydrogens is 289 g/mol. The Labute approximate surface area is 134 Å². The highest BCUT2D eigenvalue weighted by molar-refractivity contribution is 5.88. The van der Waals surface area contributed by atoms with Crippen molar-refractivity contribution in [1.82, 2.24) is 14.5 Å². The van der Waals surface area contributed by atoms with E-state index in [1.165, 1.54) is 17.3 Å². The summed E-state index contributed by atoms with van der Waals surface area (Å²) < 4.78 is 15.9. The fourth-order valence-corrected chi connectivity index (χ4v) is 3.30. The van der Waals surface area contributed by atoms with Crippen LogP contribution in [0.1, 0.15) is 17.0 Å². The van der Waals surface area contributed by atoms with Crippen LogP contribution in [0.3, 0.4) is 0 Å². The Morgan fingerprint density at radius 3 is 2.96 bits per heavy atom. The molecule has 0 N–H and O–H groups in total. The van der Waals surface area contributed by atoms with E-state index in [0.717, 1.165) is 36.1 Å². The van der Waals surface area contributed by atoms with Gasteiger partial charge in [0.1, 0.15) is 5.82 Å². The molecule has 0 aliphatic carbocycles. The van der Waals surface area contributed by atoms with Gasteiger partial charge in [-0.1, -0.05) is 6.07 Å². The van der Waals surface area contributed by atoms with E-state index in [0.29, 0.717) is 0 Å². The third-order valence-electron chi connectivity index (χ3n) is 4.42. The monoisotopic (exact) mass is 307 g/mol. The molecule has 0 saturated heterocycles. The number of hydrogen-bond donors (Lipinski definition) is 0. The van der Waals surface area contributed by atoms with Crippen molar-refractivity contribution in [2.75, 3.05) is 13.6 Å². The van der Waals surface area contributed by atoms with Gasteiger partial charge >= 0.3 is 0 Å². The average molecular weight is 307 g/mol. The summed E-state index contributed by atoms with van der Waals surface area (Å²) in [7, 11) is 2.11. The molecule has 2 aromatic heterocycles. The number of benzene rings is 1. The molecular formula is C19H18FN3. The molecule has 1 aromatic carbocycles. The number of pyridine rings is 1. The molecule has 1 aliphatic heterocycles. The third kappa shape index (κ3) is 2.55. The first-order chi connectivity index (χ1) is 11.2. The van der Waals surface area contributed by atoms with Gasteiger partial charge in [-0.25, -0.2) is 4.39 Å². The Bertz CT molecular complexity index is 881. The van der Waals surface area contributed by atoms with Gasteiger partial charge in [-0.15, -0.1) is 0 Å². The summed E-state index contributed by atoms with van der Waals surface area (Å²) in [6.45, 7) is 1.88. The zero-order valence-corrected chi connectivity index (χ0v) is 13.0. The van der Waals surface area contributed by atoms with Crippen molar-refractivity contribution in [3.8, 4) is 0 Å². The molecule has 0 radical (unpaired) electrons. The van der Waals surface area contributed by atoms with Crippen molar-refractivity contribution in [2.45, 2.75) is 13.0 Å². The van der Waals surface area contributed by atoms with Crippen LogP contribution in [-0.4, -0.2) is 28.0 Å². The molecule has 1 aliphatic rings. The van der Waals surface area contributed by atoms with Gasteiger partial charge in [-0.05, 0) is 49.0 Å². The summed E-state index contributed by atoms with van der Waals surface area (Å²) in [6, 6.07) is 10.9. The molecule has 23 heavy (non-hydrogen) atoms. The summed E-state index contributed by atoms with van der Waals surface area (Å²) in [4.78, 5) is 6.61. The quantitative estimate of drug-likeness (QED) is 0.718. The van der Waals surface area contributed by atoms with Crippen molar-refractivity contribution >= 4 is 23.2 Å². The zero-order valence-electron chi connectivity index (χ0n) is 13.0. The SMILES string of the molecule is CN1CCc2c(c3cc(F)ccc3n2/C=C/c2ccccn2)C1. The largest absolute Gasteiger partial charge is 0.320 e. The lowest BCUT2D eigenvalue weighted by Gasteiger charge is -2.23. The van der Waals surface area contributed by atoms with E-state index in [2.05, 4.69) is 21.5 Å². The molecule has 0 atom stereocenters. The second-order valence-corrected chi connectivity index (χ2v) is 6.01. The van der Waals surface area contributed by atoms with Crippen molar-refractivity contribution in [1.29, 1.82) is 0 Å². The molecule has 116 valence electrons. The van der Waals surface area contributed by atoms with Crippen LogP contribution in [0.25, 0.3) is 23.2 Å². The predicted octanol–water partition coefficient (Wildman–Crippen LogP) is 3.79. The average Bonchev–Trinajstić information content (AvgIpc) is 2.86. The first kappa shape index (κ1) is 14.2. The molecule has 3 nitrogen and oxygen atoms in total. The summed E-state index contributed by atoms with van der Waals surface area (Å²) in [5.74, 6) is -0.181. The summed E-state index contributed by atoms with van der Waals surface area (Å²) in [5, 5.41) is 1.01. The molecule has 0 spiro atoms. The number of aromatic nitrogens is 2. The van der Waals surface area contributed by atoms with Crippen LogP contribution in [-0.2, 0) is 13.0 Å². The van der Waals surface area contributed by atoms with E-state index in [1.807, 2.05) is 36.5 Å². The van der Waals surface area contributed by atoms with Gasteiger partial charge in [0, 0.05) is 43.0 Å². The van der Waals surface area contributed by atoms with Crippen molar-refractivity contribution in [3.05, 3.63) is 65.4 Å². The zero-order chi connectivity index (χ0) is 15.8. The van der Waals surface area contributed by atoms with Crippen LogP contribution < -0.4 is 0 Å². The van der Waals surface area contributed by atoms with E-state index in [1.54, 1.807) is 12.3 Å². The second kappa shape index (κ2) is 5.63. The molecule has 0 amide bonds. The number of hydrogen-bond acceptors (Lipinski definition) is 2. The highest BCUT2D eigenvalue weighted by Gasteiger charge is 2.21. The fraction of sp³-hybridized carbons (Fsp3) is 0.211. The van der Waals surface area contributed by atoms with E-state index in [9.17, 15) is 4.39 Å². The van der Waals surface area contributed by atoms with E-state index in [-0.39, 0.29) is 5.82 Å². The lowest BCUT2D eigenvalue weighted by Crippen LogP contribution is -2.26. The number of fused-ring (bicyclic) bond motifs is 3. The highest BCUT2D eigenvalue weighted by atomic mass is 19.1. The van der Waals surface area contributed by atoms with Crippen molar-refractivity contribution in [3.63, 3.8) is 0 Å². The van der Waals surface area contributed by atoms with Gasteiger partial charge in [0.05, 0.1) is 11.2 Å². The Hall–Kier alpha value is -2.46. The number of nitrogens with zero attached hydrogens (tertiary/aromatic N) is 3. The van der Waals surface area contributed by atoms with Gasteiger partial charge in [0.2, 0.25) is 0 Å². The van der Waals surface area contributed by atoms with Gasteiger partial charge in [-0.2, -0.15) is 0 Å². The van der Waals surface area contributed by atoms with Crippen LogP contribution >= 0.6 is 0 Å². The van der Waals surface area contributed by atoms with E-state index >= 15 is 0 Å². The minimum absolute atomic E-state index is 0.181. The number of halogens is 1. The number of rotatable bonds is 2. The number of likely N-dealkylation sites (N-methyl/N-ethyl adjacent to an activating group) is 1. The minimum Gasteiger partial charge on any atom is -0.320 e. The van der Waals surface area contributed by atoms with Gasteiger partial charge < -0.3 is 9.47 Å². The third-order valence-corrected chi connectivity index (χ3v) is 4.42. The fourth-order valence-electron chi connectivity index (χ4n) is 3.30. The molecule has 3 aromatic rings. The van der Waals surface area contributed by atoms with Gasteiger partial charge in [-0.3, -0.25) is 4.98 Å². The molecule has 0 unspecified atom stereocenters. The Morgan fingerprint density at radius 2 is 2.13 bits per heavy atom. The first-order valence-electron chi connectivity index (χ1n) is 7.81. The Balaban J connectivity index is 1.87. The molecule has 0 saturated carbocycles. The predicted molar refractivity (Wildman–Crippen MR) is 91.4 cm³/mol. The van der Waals surface area contributed by atoms with Crippen LogP contribution in [0.4, 0.5) is 4.39 Å². The van der Waals surface area contributed by atoms with E-state index in [4.69, 9.17) is 0 Å². The lowest BCUT2D eigenvalue weighted by atomic mass is 10.1. The van der Waals surface area contributed by atoms with Crippen LogP contribution in [0.15, 0.2) is 42.6 Å². The van der Waals surface area contributed by atoms with Crippen LogP contribution in [0, 0.1) is 5.82 Å². The van der Waals surface area contributed by atoms with Gasteiger partial charge in [0.15, 0.2) is 0 Å². The maximum Gasteiger partial charge on any atom is 0.123 e. The lowest BCUT2D eigenvalue weighted by molar-refractivity contribution is 0.312. The van der Waals surface area contributed by atoms with Gasteiger partial charge in [0.25, 0.3) is 0 Å². The normalized spacial score (nSPS) is 15.4. The summed E-state index contributed by atoms with van der Waals surface area (Å²) >= 11 is 0. The summed E-state index contributed by atoms with van der Waals surface area (Å²) in [5.41, 5.74) is 4.48. The van der Waals surface area contributed by atoms with Crippen molar-refractivity contribution < 1.29 is 4.39 Å². The second-order valence-electron chi connectivity index (χ2n) is 6.01. The highest BCUT2D eigenvalue weighted by Crippen LogP contribution is 2.31. The Kier molecular flexibility index (Phi) is 3.46. The first-order valence-corrected chi connectivity index (χ1v) is 7.81. The van der Waals surface area contributed by atoms with E-state index < -0.39 is 0 Å². The molecule has 4 rings (SSSR count). The van der Waals surface area contributed by atoms with Crippen LogP contribution in [0.2, 0.25) is 0 Å². The van der Waals surface area contributed by atoms with Crippen LogP contribution in [0.5, 0.6) is 0 Å². The molecule has 0 bridgehead atoms. The molecule has 0 fully saturated rings. The standard InChI is InChI=1S/C19H18FN3/c1-22-10-8-19-17(13-22)16-12-14(20)5-6-18(16)23(19)11-7-15-4-2-3-9-21-15/h2-7,9,11-12H,8,10,13H2,1H3/b11-7+. The molecule has 3 heterocycles. The molecule has 4 heteroatoms. The topological polar surface area (TPSA) is 21.1 Å². The summed E-state index contributed by atoms with van der Waals surface area (Å²) in [6.07, 6.45) is 6.80. The maximum absolute atomic E-state index is 13.7. The maximum atomic E-state index is 13.7.